The Morgan fingerprint density at radius 3 is 2.65 bits per heavy atom. The molecule has 1 heterocycles. The Bertz CT molecular complexity index is 466. The summed E-state index contributed by atoms with van der Waals surface area (Å²) in [5.74, 6) is 0.108. The predicted octanol–water partition coefficient (Wildman–Crippen LogP) is 1.24. The maximum absolute atomic E-state index is 11.5. The Morgan fingerprint density at radius 2 is 2.18 bits per heavy atom. The maximum atomic E-state index is 11.5. The molecular formula is C10H18N2O3S2. The molecule has 0 radical (unpaired) electrons. The van der Waals surface area contributed by atoms with Crippen molar-refractivity contribution in [1.29, 1.82) is 0 Å². The zero-order valence-electron chi connectivity index (χ0n) is 10.3. The van der Waals surface area contributed by atoms with E-state index >= 15 is 0 Å². The van der Waals surface area contributed by atoms with E-state index in [4.69, 9.17) is 10.5 Å². The van der Waals surface area contributed by atoms with E-state index in [1.165, 1.54) is 11.3 Å². The highest BCUT2D eigenvalue weighted by molar-refractivity contribution is 7.90. The van der Waals surface area contributed by atoms with Crippen molar-refractivity contribution in [2.75, 3.05) is 12.9 Å². The molecule has 0 aliphatic heterocycles. The molecule has 17 heavy (non-hydrogen) atoms. The van der Waals surface area contributed by atoms with Gasteiger partial charge < -0.3 is 10.5 Å². The van der Waals surface area contributed by atoms with Crippen molar-refractivity contribution in [1.82, 2.24) is 4.98 Å². The van der Waals surface area contributed by atoms with Crippen molar-refractivity contribution < 1.29 is 13.2 Å². The number of rotatable bonds is 6. The van der Waals surface area contributed by atoms with Gasteiger partial charge in [0.15, 0.2) is 9.84 Å². The van der Waals surface area contributed by atoms with Crippen LogP contribution in [0.3, 0.4) is 0 Å². The first-order valence-electron chi connectivity index (χ1n) is 5.33. The quantitative estimate of drug-likeness (QED) is 0.846. The monoisotopic (exact) mass is 278 g/mol. The third kappa shape index (κ3) is 4.02. The summed E-state index contributed by atoms with van der Waals surface area (Å²) in [4.78, 5) is 5.19. The molecule has 7 heteroatoms. The average Bonchev–Trinajstić information content (AvgIpc) is 2.61. The lowest BCUT2D eigenvalue weighted by Gasteiger charge is -2.03. The number of hydrogen-bond donors (Lipinski definition) is 1. The van der Waals surface area contributed by atoms with Crippen molar-refractivity contribution in [3.05, 3.63) is 15.6 Å². The van der Waals surface area contributed by atoms with Crippen LogP contribution in [0.1, 0.15) is 35.5 Å². The summed E-state index contributed by atoms with van der Waals surface area (Å²) >= 11 is 1.35. The highest BCUT2D eigenvalue weighted by Gasteiger charge is 2.18. The molecule has 0 amide bonds. The van der Waals surface area contributed by atoms with Gasteiger partial charge in [-0.2, -0.15) is 0 Å². The standard InChI is InChI=1S/C10H18N2O3S2/c1-4-17(13,14)6-9-12-8(5-15-3)10(16-9)7(2)11/h7H,4-6,11H2,1-3H3. The van der Waals surface area contributed by atoms with Gasteiger partial charge in [-0.3, -0.25) is 0 Å². The van der Waals surface area contributed by atoms with Crippen molar-refractivity contribution >= 4 is 21.2 Å². The second-order valence-electron chi connectivity index (χ2n) is 3.82. The van der Waals surface area contributed by atoms with E-state index < -0.39 is 9.84 Å². The van der Waals surface area contributed by atoms with E-state index in [0.717, 1.165) is 10.6 Å². The van der Waals surface area contributed by atoms with Crippen LogP contribution >= 0.6 is 11.3 Å². The minimum atomic E-state index is -3.05. The van der Waals surface area contributed by atoms with Crippen molar-refractivity contribution in [3.63, 3.8) is 0 Å². The van der Waals surface area contributed by atoms with Gasteiger partial charge >= 0.3 is 0 Å². The summed E-state index contributed by atoms with van der Waals surface area (Å²) < 4.78 is 28.1. The van der Waals surface area contributed by atoms with Gasteiger partial charge in [-0.15, -0.1) is 11.3 Å². The minimum Gasteiger partial charge on any atom is -0.378 e. The Morgan fingerprint density at radius 1 is 1.53 bits per heavy atom. The average molecular weight is 278 g/mol. The molecule has 1 aromatic rings. The molecule has 0 aliphatic carbocycles. The molecule has 0 aromatic carbocycles. The Balaban J connectivity index is 2.99. The van der Waals surface area contributed by atoms with Crippen LogP contribution in [0.5, 0.6) is 0 Å². The van der Waals surface area contributed by atoms with E-state index in [1.54, 1.807) is 14.0 Å². The van der Waals surface area contributed by atoms with E-state index in [2.05, 4.69) is 4.98 Å². The largest absolute Gasteiger partial charge is 0.378 e. The molecular weight excluding hydrogens is 260 g/mol. The Labute approximate surface area is 106 Å². The number of thiazole rings is 1. The van der Waals surface area contributed by atoms with Gasteiger partial charge in [-0.25, -0.2) is 13.4 Å². The lowest BCUT2D eigenvalue weighted by Crippen LogP contribution is -2.06. The van der Waals surface area contributed by atoms with E-state index in [9.17, 15) is 8.42 Å². The zero-order chi connectivity index (χ0) is 13.1. The molecule has 5 nitrogen and oxygen atoms in total. The van der Waals surface area contributed by atoms with Gasteiger partial charge in [0.1, 0.15) is 10.8 Å². The van der Waals surface area contributed by atoms with Gasteiger partial charge in [-0.1, -0.05) is 6.92 Å². The summed E-state index contributed by atoms with van der Waals surface area (Å²) in [6, 6.07) is -0.157. The summed E-state index contributed by atoms with van der Waals surface area (Å²) in [5.41, 5.74) is 6.56. The lowest BCUT2D eigenvalue weighted by atomic mass is 10.2. The van der Waals surface area contributed by atoms with Crippen LogP contribution in [0.25, 0.3) is 0 Å². The minimum absolute atomic E-state index is 0.0163. The van der Waals surface area contributed by atoms with Gasteiger partial charge in [0.2, 0.25) is 0 Å². The number of hydrogen-bond acceptors (Lipinski definition) is 6. The number of methoxy groups -OCH3 is 1. The normalized spacial score (nSPS) is 13.9. The van der Waals surface area contributed by atoms with E-state index in [-0.39, 0.29) is 17.5 Å². The summed E-state index contributed by atoms with van der Waals surface area (Å²) in [6.07, 6.45) is 0. The van der Waals surface area contributed by atoms with Gasteiger partial charge in [0.25, 0.3) is 0 Å². The first-order valence-corrected chi connectivity index (χ1v) is 7.96. The fourth-order valence-corrected chi connectivity index (χ4v) is 3.60. The van der Waals surface area contributed by atoms with Crippen LogP contribution in [-0.2, 0) is 26.9 Å². The molecule has 0 saturated heterocycles. The van der Waals surface area contributed by atoms with Crippen LogP contribution in [0.2, 0.25) is 0 Å². The topological polar surface area (TPSA) is 82.3 Å². The van der Waals surface area contributed by atoms with Gasteiger partial charge in [-0.05, 0) is 6.92 Å². The Kier molecular flexibility index (Phi) is 5.05. The zero-order valence-corrected chi connectivity index (χ0v) is 11.9. The Hall–Kier alpha value is -0.500. The highest BCUT2D eigenvalue weighted by Crippen LogP contribution is 2.26. The van der Waals surface area contributed by atoms with Crippen molar-refractivity contribution in [2.45, 2.75) is 32.2 Å². The van der Waals surface area contributed by atoms with Crippen LogP contribution in [0.15, 0.2) is 0 Å². The molecule has 0 saturated carbocycles. The molecule has 1 aromatic heterocycles. The fourth-order valence-electron chi connectivity index (χ4n) is 1.36. The van der Waals surface area contributed by atoms with Gasteiger partial charge in [0.05, 0.1) is 12.3 Å². The summed E-state index contributed by atoms with van der Waals surface area (Å²) in [7, 11) is -1.47. The van der Waals surface area contributed by atoms with Gasteiger partial charge in [0, 0.05) is 23.8 Å². The number of nitrogens with two attached hydrogens (primary N) is 1. The third-order valence-electron chi connectivity index (χ3n) is 2.25. The summed E-state index contributed by atoms with van der Waals surface area (Å²) in [5, 5.41) is 0.589. The first-order chi connectivity index (χ1) is 7.89. The molecule has 1 unspecified atom stereocenters. The highest BCUT2D eigenvalue weighted by atomic mass is 32.2. The summed E-state index contributed by atoms with van der Waals surface area (Å²) in [6.45, 7) is 3.84. The molecule has 1 atom stereocenters. The number of sulfone groups is 1. The second kappa shape index (κ2) is 5.90. The number of ether oxygens (including phenoxy) is 1. The molecule has 0 fully saturated rings. The molecule has 0 spiro atoms. The molecule has 0 bridgehead atoms. The van der Waals surface area contributed by atoms with Crippen LogP contribution in [-0.4, -0.2) is 26.3 Å². The molecule has 1 rings (SSSR count). The van der Waals surface area contributed by atoms with Crippen LogP contribution in [0, 0.1) is 0 Å². The van der Waals surface area contributed by atoms with Crippen molar-refractivity contribution in [2.24, 2.45) is 5.73 Å². The first kappa shape index (κ1) is 14.6. The molecule has 98 valence electrons. The van der Waals surface area contributed by atoms with Crippen LogP contribution < -0.4 is 5.73 Å². The lowest BCUT2D eigenvalue weighted by molar-refractivity contribution is 0.181. The SMILES string of the molecule is CCS(=O)(=O)Cc1nc(COC)c(C(C)N)s1. The van der Waals surface area contributed by atoms with Crippen molar-refractivity contribution in [3.8, 4) is 0 Å². The molecule has 2 N–H and O–H groups in total. The number of aromatic nitrogens is 1. The smallest absolute Gasteiger partial charge is 0.156 e. The number of nitrogens with zero attached hydrogens (tertiary/aromatic N) is 1. The fraction of sp³-hybridized carbons (Fsp3) is 0.700. The van der Waals surface area contributed by atoms with Crippen LogP contribution in [0.4, 0.5) is 0 Å². The third-order valence-corrected chi connectivity index (χ3v) is 5.32. The van der Waals surface area contributed by atoms with E-state index in [0.29, 0.717) is 11.6 Å². The maximum Gasteiger partial charge on any atom is 0.156 e. The van der Waals surface area contributed by atoms with E-state index in [1.807, 2.05) is 6.92 Å². The predicted molar refractivity (Wildman–Crippen MR) is 68.6 cm³/mol. The molecule has 0 aliphatic rings. The second-order valence-corrected chi connectivity index (χ2v) is 7.29.